The van der Waals surface area contributed by atoms with Gasteiger partial charge in [0.15, 0.2) is 11.0 Å². The smallest absolute Gasteiger partial charge is 0.378 e. The van der Waals surface area contributed by atoms with Crippen molar-refractivity contribution in [3.63, 3.8) is 0 Å². The molecule has 1 fully saturated rings. The molecule has 1 aliphatic rings. The topological polar surface area (TPSA) is 71.8 Å². The summed E-state index contributed by atoms with van der Waals surface area (Å²) in [5, 5.41) is 14.6. The largest absolute Gasteiger partial charge is 0.416 e. The maximum absolute atomic E-state index is 13.0. The summed E-state index contributed by atoms with van der Waals surface area (Å²) in [6.45, 7) is 2.06. The van der Waals surface area contributed by atoms with Crippen LogP contribution in [0.3, 0.4) is 0 Å². The molecule has 6 nitrogen and oxygen atoms in total. The molecule has 2 N–H and O–H groups in total. The number of hydrogen-bond acceptors (Lipinski definition) is 5. The van der Waals surface area contributed by atoms with Crippen molar-refractivity contribution >= 4 is 23.4 Å². The van der Waals surface area contributed by atoms with Gasteiger partial charge in [-0.2, -0.15) is 13.2 Å². The zero-order valence-corrected chi connectivity index (χ0v) is 17.8. The molecular weight excluding hydrogens is 415 g/mol. The predicted molar refractivity (Wildman–Crippen MR) is 110 cm³/mol. The van der Waals surface area contributed by atoms with E-state index in [1.807, 2.05) is 6.92 Å². The van der Waals surface area contributed by atoms with Gasteiger partial charge in [0.05, 0.1) is 17.4 Å². The van der Waals surface area contributed by atoms with Crippen LogP contribution in [0.2, 0.25) is 0 Å². The maximum atomic E-state index is 13.0. The molecule has 0 spiro atoms. The number of nitrogens with one attached hydrogen (secondary N) is 2. The van der Waals surface area contributed by atoms with Crippen LogP contribution in [0.25, 0.3) is 0 Å². The van der Waals surface area contributed by atoms with Gasteiger partial charge in [-0.15, -0.1) is 10.2 Å². The minimum atomic E-state index is -4.39. The van der Waals surface area contributed by atoms with Crippen LogP contribution in [0.4, 0.5) is 18.9 Å². The standard InChI is InChI=1S/C20H26F3N5OS/c1-13(18(29)24-2)30-19-27-26-17(28(19)16-9-4-3-5-10-16)12-25-15-8-6-7-14(11-15)20(21,22)23/h6-8,11,13,16,25H,3-5,9-10,12H2,1-2H3,(H,24,29)/t13-/m1/s1. The van der Waals surface area contributed by atoms with Crippen molar-refractivity contribution in [1.29, 1.82) is 0 Å². The van der Waals surface area contributed by atoms with Gasteiger partial charge in [-0.25, -0.2) is 0 Å². The highest BCUT2D eigenvalue weighted by Gasteiger charge is 2.30. The Morgan fingerprint density at radius 2 is 2.00 bits per heavy atom. The number of rotatable bonds is 7. The molecule has 0 bridgehead atoms. The van der Waals surface area contributed by atoms with Crippen molar-refractivity contribution in [2.45, 2.75) is 68.2 Å². The lowest BCUT2D eigenvalue weighted by atomic mass is 9.95. The lowest BCUT2D eigenvalue weighted by Gasteiger charge is -2.26. The normalized spacial score (nSPS) is 16.3. The minimum Gasteiger partial charge on any atom is -0.378 e. The second-order valence-electron chi connectivity index (χ2n) is 7.37. The fourth-order valence-electron chi connectivity index (χ4n) is 3.62. The highest BCUT2D eigenvalue weighted by Crippen LogP contribution is 2.34. The zero-order valence-electron chi connectivity index (χ0n) is 17.0. The van der Waals surface area contributed by atoms with Crippen LogP contribution in [0, 0.1) is 0 Å². The first kappa shape index (κ1) is 22.5. The maximum Gasteiger partial charge on any atom is 0.416 e. The first-order valence-corrected chi connectivity index (χ1v) is 10.9. The summed E-state index contributed by atoms with van der Waals surface area (Å²) in [6.07, 6.45) is 1.01. The summed E-state index contributed by atoms with van der Waals surface area (Å²) in [4.78, 5) is 11.9. The van der Waals surface area contributed by atoms with E-state index in [4.69, 9.17) is 0 Å². The number of thioether (sulfide) groups is 1. The summed E-state index contributed by atoms with van der Waals surface area (Å²) < 4.78 is 41.0. The summed E-state index contributed by atoms with van der Waals surface area (Å²) in [5.41, 5.74) is -0.326. The number of benzene rings is 1. The minimum absolute atomic E-state index is 0.0955. The van der Waals surface area contributed by atoms with Gasteiger partial charge >= 0.3 is 6.18 Å². The van der Waals surface area contributed by atoms with Crippen LogP contribution in [-0.2, 0) is 17.5 Å². The Morgan fingerprint density at radius 3 is 2.67 bits per heavy atom. The van der Waals surface area contributed by atoms with E-state index in [2.05, 4.69) is 25.4 Å². The predicted octanol–water partition coefficient (Wildman–Crippen LogP) is 4.64. The van der Waals surface area contributed by atoms with Crippen LogP contribution in [0.5, 0.6) is 0 Å². The van der Waals surface area contributed by atoms with Gasteiger partial charge in [-0.05, 0) is 38.0 Å². The second kappa shape index (κ2) is 9.72. The van der Waals surface area contributed by atoms with Crippen LogP contribution >= 0.6 is 11.8 Å². The molecule has 1 saturated carbocycles. The number of hydrogen-bond donors (Lipinski definition) is 2. The van der Waals surface area contributed by atoms with Gasteiger partial charge in [0.25, 0.3) is 0 Å². The molecule has 2 aromatic rings. The summed E-state index contributed by atoms with van der Waals surface area (Å²) in [6, 6.07) is 5.34. The molecule has 0 aliphatic heterocycles. The summed E-state index contributed by atoms with van der Waals surface area (Å²) >= 11 is 1.35. The van der Waals surface area contributed by atoms with Crippen LogP contribution in [0.15, 0.2) is 29.4 Å². The Kier molecular flexibility index (Phi) is 7.27. The van der Waals surface area contributed by atoms with Crippen LogP contribution in [0.1, 0.15) is 56.5 Å². The summed E-state index contributed by atoms with van der Waals surface area (Å²) in [5.74, 6) is 0.563. The Morgan fingerprint density at radius 1 is 1.27 bits per heavy atom. The lowest BCUT2D eigenvalue weighted by molar-refractivity contribution is -0.137. The van der Waals surface area contributed by atoms with Gasteiger partial charge in [0.2, 0.25) is 5.91 Å². The Balaban J connectivity index is 1.81. The molecule has 30 heavy (non-hydrogen) atoms. The monoisotopic (exact) mass is 441 g/mol. The third-order valence-electron chi connectivity index (χ3n) is 5.21. The number of halogens is 3. The molecule has 10 heteroatoms. The number of alkyl halides is 3. The molecule has 3 rings (SSSR count). The van der Waals surface area contributed by atoms with E-state index in [9.17, 15) is 18.0 Å². The first-order chi connectivity index (χ1) is 14.3. The van der Waals surface area contributed by atoms with Crippen molar-refractivity contribution in [1.82, 2.24) is 20.1 Å². The SMILES string of the molecule is CNC(=O)[C@@H](C)Sc1nnc(CNc2cccc(C(F)(F)F)c2)n1C1CCCCC1. The highest BCUT2D eigenvalue weighted by molar-refractivity contribution is 8.00. The third-order valence-corrected chi connectivity index (χ3v) is 6.27. The number of nitrogens with zero attached hydrogens (tertiary/aromatic N) is 3. The second-order valence-corrected chi connectivity index (χ2v) is 8.68. The first-order valence-electron chi connectivity index (χ1n) is 10.0. The molecule has 0 saturated heterocycles. The molecule has 1 aromatic carbocycles. The van der Waals surface area contributed by atoms with E-state index >= 15 is 0 Å². The number of amides is 1. The molecule has 1 amide bonds. The number of carbonyl (C=O) groups is 1. The quantitative estimate of drug-likeness (QED) is 0.613. The van der Waals surface area contributed by atoms with E-state index < -0.39 is 11.7 Å². The molecule has 1 aromatic heterocycles. The molecule has 0 unspecified atom stereocenters. The highest BCUT2D eigenvalue weighted by atomic mass is 32.2. The number of carbonyl (C=O) groups excluding carboxylic acids is 1. The van der Waals surface area contributed by atoms with Gasteiger partial charge in [-0.1, -0.05) is 37.1 Å². The van der Waals surface area contributed by atoms with Crippen molar-refractivity contribution in [2.24, 2.45) is 0 Å². The molecule has 1 heterocycles. The van der Waals surface area contributed by atoms with E-state index in [1.165, 1.54) is 24.2 Å². The average Bonchev–Trinajstić information content (AvgIpc) is 3.14. The third kappa shape index (κ3) is 5.47. The van der Waals surface area contributed by atoms with Crippen molar-refractivity contribution in [3.05, 3.63) is 35.7 Å². The van der Waals surface area contributed by atoms with Crippen molar-refractivity contribution < 1.29 is 18.0 Å². The number of anilines is 1. The fraction of sp³-hybridized carbons (Fsp3) is 0.550. The van der Waals surface area contributed by atoms with Crippen LogP contribution < -0.4 is 10.6 Å². The Hall–Kier alpha value is -2.23. The van der Waals surface area contributed by atoms with Gasteiger partial charge in [-0.3, -0.25) is 4.79 Å². The zero-order chi connectivity index (χ0) is 21.7. The molecule has 164 valence electrons. The van der Waals surface area contributed by atoms with E-state index in [-0.39, 0.29) is 23.7 Å². The lowest BCUT2D eigenvalue weighted by Crippen LogP contribution is -2.28. The van der Waals surface area contributed by atoms with Crippen molar-refractivity contribution in [2.75, 3.05) is 12.4 Å². The molecular formula is C20H26F3N5OS. The molecule has 1 aliphatic carbocycles. The average molecular weight is 442 g/mol. The van der Waals surface area contributed by atoms with E-state index in [0.29, 0.717) is 16.7 Å². The Bertz CT molecular complexity index is 864. The van der Waals surface area contributed by atoms with Gasteiger partial charge < -0.3 is 15.2 Å². The van der Waals surface area contributed by atoms with Crippen LogP contribution in [-0.4, -0.2) is 33.0 Å². The van der Waals surface area contributed by atoms with Crippen molar-refractivity contribution in [3.8, 4) is 0 Å². The fourth-order valence-corrected chi connectivity index (χ4v) is 4.61. The Labute approximate surface area is 178 Å². The van der Waals surface area contributed by atoms with Gasteiger partial charge in [0.1, 0.15) is 0 Å². The van der Waals surface area contributed by atoms with E-state index in [1.54, 1.807) is 13.1 Å². The van der Waals surface area contributed by atoms with Gasteiger partial charge in [0, 0.05) is 18.8 Å². The van der Waals surface area contributed by atoms with E-state index in [0.717, 1.165) is 37.8 Å². The summed E-state index contributed by atoms with van der Waals surface area (Å²) in [7, 11) is 1.59. The number of aromatic nitrogens is 3. The molecule has 0 radical (unpaired) electrons. The molecule has 1 atom stereocenters.